The van der Waals surface area contributed by atoms with Gasteiger partial charge in [-0.1, -0.05) is 6.92 Å². The number of amides is 1. The third kappa shape index (κ3) is 3.56. The third-order valence-corrected chi connectivity index (χ3v) is 2.64. The summed E-state index contributed by atoms with van der Waals surface area (Å²) in [6, 6.07) is 1.94. The minimum atomic E-state index is -0.984. The van der Waals surface area contributed by atoms with E-state index in [1.54, 1.807) is 6.20 Å². The van der Waals surface area contributed by atoms with Gasteiger partial charge in [-0.3, -0.25) is 5.10 Å². The molecule has 0 spiro atoms. The summed E-state index contributed by atoms with van der Waals surface area (Å²) in [5, 5.41) is 18.2. The smallest absolute Gasteiger partial charge is 0.405 e. The van der Waals surface area contributed by atoms with Gasteiger partial charge in [0.25, 0.3) is 0 Å². The fourth-order valence-electron chi connectivity index (χ4n) is 1.91. The first-order chi connectivity index (χ1) is 7.44. The van der Waals surface area contributed by atoms with Crippen LogP contribution in [0.15, 0.2) is 12.3 Å². The Balaban J connectivity index is 2.66. The van der Waals surface area contributed by atoms with Crippen molar-refractivity contribution in [2.24, 2.45) is 0 Å². The van der Waals surface area contributed by atoms with Gasteiger partial charge < -0.3 is 10.4 Å². The van der Waals surface area contributed by atoms with Crippen LogP contribution in [-0.4, -0.2) is 26.9 Å². The molecule has 1 rings (SSSR count). The Labute approximate surface area is 95.3 Å². The molecule has 5 nitrogen and oxygen atoms in total. The monoisotopic (exact) mass is 225 g/mol. The Kier molecular flexibility index (Phi) is 3.93. The quantitative estimate of drug-likeness (QED) is 0.719. The van der Waals surface area contributed by atoms with Gasteiger partial charge in [0.15, 0.2) is 0 Å². The fourth-order valence-corrected chi connectivity index (χ4v) is 1.91. The van der Waals surface area contributed by atoms with Crippen LogP contribution in [-0.2, 0) is 0 Å². The number of aromatic amines is 1. The van der Waals surface area contributed by atoms with Crippen molar-refractivity contribution in [3.8, 4) is 0 Å². The number of rotatable bonds is 5. The zero-order chi connectivity index (χ0) is 12.2. The molecule has 1 atom stereocenters. The molecule has 1 aromatic heterocycles. The Hall–Kier alpha value is -1.52. The van der Waals surface area contributed by atoms with Gasteiger partial charge in [-0.15, -0.1) is 0 Å². The molecule has 1 aromatic rings. The summed E-state index contributed by atoms with van der Waals surface area (Å²) in [7, 11) is 0. The van der Waals surface area contributed by atoms with Crippen LogP contribution in [0.4, 0.5) is 4.79 Å². The largest absolute Gasteiger partial charge is 0.465 e. The minimum absolute atomic E-state index is 0.271. The molecule has 1 heterocycles. The molecule has 90 valence electrons. The van der Waals surface area contributed by atoms with Crippen LogP contribution in [0.5, 0.6) is 0 Å². The molecule has 0 aliphatic heterocycles. The molecule has 0 aliphatic rings. The van der Waals surface area contributed by atoms with Crippen LogP contribution in [0, 0.1) is 0 Å². The summed E-state index contributed by atoms with van der Waals surface area (Å²) < 4.78 is 0. The number of carbonyl (C=O) groups is 1. The number of hydrogen-bond acceptors (Lipinski definition) is 2. The van der Waals surface area contributed by atoms with Crippen molar-refractivity contribution in [1.29, 1.82) is 0 Å². The summed E-state index contributed by atoms with van der Waals surface area (Å²) in [5.74, 6) is 0.271. The van der Waals surface area contributed by atoms with Crippen molar-refractivity contribution in [1.82, 2.24) is 15.5 Å². The predicted molar refractivity (Wildman–Crippen MR) is 61.5 cm³/mol. The SMILES string of the molecule is CC[C@@H](CC(C)(C)NC(=O)O)c1cc[nH]n1. The Morgan fingerprint density at radius 3 is 2.81 bits per heavy atom. The third-order valence-electron chi connectivity index (χ3n) is 2.64. The zero-order valence-electron chi connectivity index (χ0n) is 9.95. The first-order valence-electron chi connectivity index (χ1n) is 5.45. The van der Waals surface area contributed by atoms with Gasteiger partial charge in [-0.25, -0.2) is 4.79 Å². The van der Waals surface area contributed by atoms with E-state index in [4.69, 9.17) is 5.11 Å². The van der Waals surface area contributed by atoms with Crippen LogP contribution in [0.3, 0.4) is 0 Å². The Morgan fingerprint density at radius 1 is 1.69 bits per heavy atom. The van der Waals surface area contributed by atoms with Crippen LogP contribution in [0.25, 0.3) is 0 Å². The van der Waals surface area contributed by atoms with Crippen molar-refractivity contribution < 1.29 is 9.90 Å². The molecule has 1 amide bonds. The zero-order valence-corrected chi connectivity index (χ0v) is 9.95. The maximum atomic E-state index is 10.6. The summed E-state index contributed by atoms with van der Waals surface area (Å²) >= 11 is 0. The summed E-state index contributed by atoms with van der Waals surface area (Å²) in [6.45, 7) is 5.85. The average Bonchev–Trinajstić information content (AvgIpc) is 2.64. The van der Waals surface area contributed by atoms with E-state index in [0.717, 1.165) is 18.5 Å². The van der Waals surface area contributed by atoms with Crippen LogP contribution in [0.2, 0.25) is 0 Å². The van der Waals surface area contributed by atoms with E-state index >= 15 is 0 Å². The maximum Gasteiger partial charge on any atom is 0.405 e. The summed E-state index contributed by atoms with van der Waals surface area (Å²) in [6.07, 6.45) is 2.48. The molecule has 3 N–H and O–H groups in total. The lowest BCUT2D eigenvalue weighted by Crippen LogP contribution is -2.43. The van der Waals surface area contributed by atoms with Gasteiger partial charge in [0.05, 0.1) is 5.69 Å². The number of H-pyrrole nitrogens is 1. The van der Waals surface area contributed by atoms with Crippen molar-refractivity contribution >= 4 is 6.09 Å². The first kappa shape index (κ1) is 12.5. The molecule has 0 bridgehead atoms. The maximum absolute atomic E-state index is 10.6. The van der Waals surface area contributed by atoms with Gasteiger partial charge in [0, 0.05) is 17.7 Å². The second kappa shape index (κ2) is 5.01. The summed E-state index contributed by atoms with van der Waals surface area (Å²) in [4.78, 5) is 10.6. The van der Waals surface area contributed by atoms with Gasteiger partial charge in [-0.2, -0.15) is 5.10 Å². The van der Waals surface area contributed by atoms with Crippen molar-refractivity contribution in [2.75, 3.05) is 0 Å². The summed E-state index contributed by atoms with van der Waals surface area (Å²) in [5.41, 5.74) is 0.550. The normalized spacial score (nSPS) is 13.4. The molecule has 5 heteroatoms. The molecule has 0 saturated carbocycles. The highest BCUT2D eigenvalue weighted by Crippen LogP contribution is 2.27. The molecule has 0 saturated heterocycles. The molecule has 0 radical (unpaired) electrons. The Morgan fingerprint density at radius 2 is 2.38 bits per heavy atom. The van der Waals surface area contributed by atoms with E-state index in [1.807, 2.05) is 19.9 Å². The molecule has 0 unspecified atom stereocenters. The highest BCUT2D eigenvalue weighted by atomic mass is 16.4. The number of nitrogens with one attached hydrogen (secondary N) is 2. The molecular formula is C11H19N3O2. The van der Waals surface area contributed by atoms with Crippen LogP contribution >= 0.6 is 0 Å². The van der Waals surface area contributed by atoms with E-state index < -0.39 is 11.6 Å². The molecule has 0 fully saturated rings. The lowest BCUT2D eigenvalue weighted by Gasteiger charge is -2.28. The van der Waals surface area contributed by atoms with Crippen molar-refractivity contribution in [2.45, 2.75) is 45.1 Å². The predicted octanol–water partition coefficient (Wildman–Crippen LogP) is 2.34. The Bertz CT molecular complexity index is 333. The number of hydrogen-bond donors (Lipinski definition) is 3. The van der Waals surface area contributed by atoms with Gasteiger partial charge in [0.2, 0.25) is 0 Å². The highest BCUT2D eigenvalue weighted by molar-refractivity contribution is 5.65. The highest BCUT2D eigenvalue weighted by Gasteiger charge is 2.25. The molecular weight excluding hydrogens is 206 g/mol. The van der Waals surface area contributed by atoms with Crippen LogP contribution in [0.1, 0.15) is 45.2 Å². The number of nitrogens with zero attached hydrogens (tertiary/aromatic N) is 1. The van der Waals surface area contributed by atoms with Gasteiger partial charge >= 0.3 is 6.09 Å². The van der Waals surface area contributed by atoms with E-state index in [-0.39, 0.29) is 5.92 Å². The van der Waals surface area contributed by atoms with Gasteiger partial charge in [-0.05, 0) is 32.8 Å². The fraction of sp³-hybridized carbons (Fsp3) is 0.636. The standard InChI is InChI=1S/C11H19N3O2/c1-4-8(9-5-6-12-14-9)7-11(2,3)13-10(15)16/h5-6,8,13H,4,7H2,1-3H3,(H,12,14)(H,15,16)/t8-/m0/s1. The number of aromatic nitrogens is 2. The van der Waals surface area contributed by atoms with Crippen LogP contribution < -0.4 is 5.32 Å². The van der Waals surface area contributed by atoms with E-state index in [0.29, 0.717) is 0 Å². The minimum Gasteiger partial charge on any atom is -0.465 e. The lowest BCUT2D eigenvalue weighted by atomic mass is 9.87. The molecule has 0 aliphatic carbocycles. The van der Waals surface area contributed by atoms with Crippen molar-refractivity contribution in [3.63, 3.8) is 0 Å². The van der Waals surface area contributed by atoms with E-state index in [9.17, 15) is 4.79 Å². The number of carboxylic acid groups (broad SMARTS) is 1. The molecule has 0 aromatic carbocycles. The van der Waals surface area contributed by atoms with E-state index in [2.05, 4.69) is 22.4 Å². The lowest BCUT2D eigenvalue weighted by molar-refractivity contribution is 0.178. The topological polar surface area (TPSA) is 78.0 Å². The second-order valence-electron chi connectivity index (χ2n) is 4.62. The molecule has 16 heavy (non-hydrogen) atoms. The first-order valence-corrected chi connectivity index (χ1v) is 5.45. The van der Waals surface area contributed by atoms with Gasteiger partial charge in [0.1, 0.15) is 0 Å². The van der Waals surface area contributed by atoms with Crippen molar-refractivity contribution in [3.05, 3.63) is 18.0 Å². The average molecular weight is 225 g/mol. The second-order valence-corrected chi connectivity index (χ2v) is 4.62. The van der Waals surface area contributed by atoms with E-state index in [1.165, 1.54) is 0 Å².